The smallest absolute Gasteiger partial charge is 0.306 e. The maximum Gasteiger partial charge on any atom is 0.306 e. The number of carbonyl (C=O) groups is 4. The summed E-state index contributed by atoms with van der Waals surface area (Å²) in [5.41, 5.74) is 0. The molecule has 0 unspecified atom stereocenters. The summed E-state index contributed by atoms with van der Waals surface area (Å²) in [5, 5.41) is 0. The van der Waals surface area contributed by atoms with Crippen molar-refractivity contribution >= 4 is 23.8 Å². The van der Waals surface area contributed by atoms with Crippen LogP contribution in [0.25, 0.3) is 0 Å². The molecule has 0 saturated carbocycles. The maximum absolute atomic E-state index is 13.0. The zero-order valence-electron chi connectivity index (χ0n) is 23.3. The first-order valence-electron chi connectivity index (χ1n) is 14.1. The van der Waals surface area contributed by atoms with Gasteiger partial charge in [0, 0.05) is 19.3 Å². The number of esters is 3. The quantitative estimate of drug-likeness (QED) is 0.0975. The molecule has 36 heavy (non-hydrogen) atoms. The van der Waals surface area contributed by atoms with Gasteiger partial charge in [-0.2, -0.15) is 0 Å². The third-order valence-electron chi connectivity index (χ3n) is 5.92. The monoisotopic (exact) mass is 513 g/mol. The molecule has 1 amide bonds. The van der Waals surface area contributed by atoms with Crippen molar-refractivity contribution in [2.45, 2.75) is 130 Å². The standard InChI is InChI=1S/C28H51NO7/c1-5-8-11-14-17-25(30)34-22-20-29(21-23-35-26(31)18-15-12-9-6-2)28(33)24(4)36-27(32)19-16-13-10-7-3/h24H,5-23H2,1-4H3/t24-/m1/s1. The van der Waals surface area contributed by atoms with Crippen molar-refractivity contribution in [3.05, 3.63) is 0 Å². The molecule has 1 atom stereocenters. The average Bonchev–Trinajstić information content (AvgIpc) is 2.85. The molecule has 0 aromatic heterocycles. The van der Waals surface area contributed by atoms with Gasteiger partial charge in [-0.3, -0.25) is 19.2 Å². The van der Waals surface area contributed by atoms with Crippen molar-refractivity contribution in [1.82, 2.24) is 4.90 Å². The summed E-state index contributed by atoms with van der Waals surface area (Å²) in [7, 11) is 0. The molecule has 0 aromatic rings. The van der Waals surface area contributed by atoms with Crippen LogP contribution in [0.4, 0.5) is 0 Å². The minimum atomic E-state index is -0.960. The van der Waals surface area contributed by atoms with Crippen molar-refractivity contribution in [3.8, 4) is 0 Å². The molecule has 0 heterocycles. The van der Waals surface area contributed by atoms with Crippen molar-refractivity contribution < 1.29 is 33.4 Å². The number of ether oxygens (including phenoxy) is 3. The van der Waals surface area contributed by atoms with Gasteiger partial charge < -0.3 is 19.1 Å². The molecule has 210 valence electrons. The van der Waals surface area contributed by atoms with Crippen LogP contribution < -0.4 is 0 Å². The molecule has 0 spiro atoms. The SMILES string of the molecule is CCCCCCC(=O)OCCN(CCOC(=O)CCCCCC)C(=O)[C@@H](C)OC(=O)CCCCCC. The van der Waals surface area contributed by atoms with Crippen LogP contribution in [-0.4, -0.2) is 61.1 Å². The van der Waals surface area contributed by atoms with Crippen LogP contribution in [0.15, 0.2) is 0 Å². The number of rotatable bonds is 23. The highest BCUT2D eigenvalue weighted by Crippen LogP contribution is 2.08. The Morgan fingerprint density at radius 2 is 0.972 bits per heavy atom. The van der Waals surface area contributed by atoms with E-state index in [2.05, 4.69) is 20.8 Å². The summed E-state index contributed by atoms with van der Waals surface area (Å²) in [6.07, 6.45) is 11.8. The van der Waals surface area contributed by atoms with Gasteiger partial charge in [-0.05, 0) is 26.2 Å². The van der Waals surface area contributed by atoms with Gasteiger partial charge in [0.05, 0.1) is 13.1 Å². The summed E-state index contributed by atoms with van der Waals surface area (Å²) < 4.78 is 15.9. The van der Waals surface area contributed by atoms with Crippen molar-refractivity contribution in [1.29, 1.82) is 0 Å². The van der Waals surface area contributed by atoms with Gasteiger partial charge in [-0.25, -0.2) is 0 Å². The van der Waals surface area contributed by atoms with Crippen LogP contribution in [0.5, 0.6) is 0 Å². The van der Waals surface area contributed by atoms with E-state index in [4.69, 9.17) is 14.2 Å². The van der Waals surface area contributed by atoms with Gasteiger partial charge in [0.2, 0.25) is 0 Å². The first-order chi connectivity index (χ1) is 17.3. The Balaban J connectivity index is 4.68. The normalized spacial score (nSPS) is 11.6. The third-order valence-corrected chi connectivity index (χ3v) is 5.92. The summed E-state index contributed by atoms with van der Waals surface area (Å²) in [4.78, 5) is 50.4. The number of hydrogen-bond donors (Lipinski definition) is 0. The summed E-state index contributed by atoms with van der Waals surface area (Å²) >= 11 is 0. The van der Waals surface area contributed by atoms with E-state index in [1.54, 1.807) is 6.92 Å². The minimum absolute atomic E-state index is 0.0427. The number of amides is 1. The third kappa shape index (κ3) is 19.1. The first kappa shape index (κ1) is 33.9. The molecule has 0 radical (unpaired) electrons. The van der Waals surface area contributed by atoms with Crippen LogP contribution in [0.1, 0.15) is 124 Å². The second-order valence-electron chi connectivity index (χ2n) is 9.33. The average molecular weight is 514 g/mol. The molecule has 0 fully saturated rings. The zero-order chi connectivity index (χ0) is 27.0. The fourth-order valence-corrected chi connectivity index (χ4v) is 3.67. The van der Waals surface area contributed by atoms with Crippen molar-refractivity contribution in [2.24, 2.45) is 0 Å². The highest BCUT2D eigenvalue weighted by molar-refractivity contribution is 5.83. The molecule has 0 aliphatic rings. The van der Waals surface area contributed by atoms with E-state index >= 15 is 0 Å². The number of hydrogen-bond acceptors (Lipinski definition) is 7. The second kappa shape index (κ2) is 23.3. The Bertz CT molecular complexity index is 579. The zero-order valence-corrected chi connectivity index (χ0v) is 23.3. The Hall–Kier alpha value is -2.12. The van der Waals surface area contributed by atoms with Crippen LogP contribution >= 0.6 is 0 Å². The van der Waals surface area contributed by atoms with E-state index in [1.165, 1.54) is 4.90 Å². The largest absolute Gasteiger partial charge is 0.464 e. The fraction of sp³-hybridized carbons (Fsp3) is 0.857. The molecular weight excluding hydrogens is 462 g/mol. The lowest BCUT2D eigenvalue weighted by Gasteiger charge is -2.25. The summed E-state index contributed by atoms with van der Waals surface area (Å²) in [6, 6.07) is 0. The molecule has 0 bridgehead atoms. The van der Waals surface area contributed by atoms with Gasteiger partial charge in [-0.1, -0.05) is 78.6 Å². The molecule has 0 aliphatic carbocycles. The van der Waals surface area contributed by atoms with E-state index in [-0.39, 0.29) is 44.7 Å². The van der Waals surface area contributed by atoms with Crippen molar-refractivity contribution in [3.63, 3.8) is 0 Å². The predicted molar refractivity (Wildman–Crippen MR) is 140 cm³/mol. The molecule has 8 heteroatoms. The predicted octanol–water partition coefficient (Wildman–Crippen LogP) is 5.74. The van der Waals surface area contributed by atoms with Crippen LogP contribution in [-0.2, 0) is 33.4 Å². The van der Waals surface area contributed by atoms with Gasteiger partial charge in [0.25, 0.3) is 5.91 Å². The molecular formula is C28H51NO7. The highest BCUT2D eigenvalue weighted by Gasteiger charge is 2.24. The van der Waals surface area contributed by atoms with Gasteiger partial charge in [-0.15, -0.1) is 0 Å². The molecule has 8 nitrogen and oxygen atoms in total. The lowest BCUT2D eigenvalue weighted by atomic mass is 10.1. The molecule has 0 saturated heterocycles. The van der Waals surface area contributed by atoms with Gasteiger partial charge >= 0.3 is 17.9 Å². The number of unbranched alkanes of at least 4 members (excludes halogenated alkanes) is 9. The molecule has 0 aliphatic heterocycles. The maximum atomic E-state index is 13.0. The van der Waals surface area contributed by atoms with E-state index in [0.717, 1.165) is 77.0 Å². The van der Waals surface area contributed by atoms with Crippen LogP contribution in [0.2, 0.25) is 0 Å². The molecule has 0 rings (SSSR count). The minimum Gasteiger partial charge on any atom is -0.464 e. The highest BCUT2D eigenvalue weighted by atomic mass is 16.6. The van der Waals surface area contributed by atoms with E-state index in [0.29, 0.717) is 12.8 Å². The van der Waals surface area contributed by atoms with Crippen LogP contribution in [0, 0.1) is 0 Å². The summed E-state index contributed by atoms with van der Waals surface area (Å²) in [6.45, 7) is 8.23. The van der Waals surface area contributed by atoms with Gasteiger partial charge in [0.15, 0.2) is 6.10 Å². The Labute approximate surface area is 218 Å². The summed E-state index contributed by atoms with van der Waals surface area (Å²) in [5.74, 6) is -1.37. The Kier molecular flexibility index (Phi) is 21.9. The first-order valence-corrected chi connectivity index (χ1v) is 14.1. The van der Waals surface area contributed by atoms with Crippen LogP contribution in [0.3, 0.4) is 0 Å². The molecule has 0 N–H and O–H groups in total. The van der Waals surface area contributed by atoms with E-state index in [9.17, 15) is 19.2 Å². The van der Waals surface area contributed by atoms with Gasteiger partial charge in [0.1, 0.15) is 13.2 Å². The Morgan fingerprint density at radius 3 is 1.36 bits per heavy atom. The second-order valence-corrected chi connectivity index (χ2v) is 9.33. The number of carbonyl (C=O) groups excluding carboxylic acids is 4. The van der Waals surface area contributed by atoms with E-state index < -0.39 is 18.0 Å². The fourth-order valence-electron chi connectivity index (χ4n) is 3.67. The topological polar surface area (TPSA) is 99.2 Å². The lowest BCUT2D eigenvalue weighted by Crippen LogP contribution is -2.43. The number of nitrogens with zero attached hydrogens (tertiary/aromatic N) is 1. The lowest BCUT2D eigenvalue weighted by molar-refractivity contribution is -0.160. The Morgan fingerprint density at radius 1 is 0.583 bits per heavy atom. The van der Waals surface area contributed by atoms with Crippen molar-refractivity contribution in [2.75, 3.05) is 26.3 Å². The van der Waals surface area contributed by atoms with E-state index in [1.807, 2.05) is 0 Å². The molecule has 0 aromatic carbocycles.